The van der Waals surface area contributed by atoms with Crippen molar-refractivity contribution in [2.75, 3.05) is 19.6 Å². The highest BCUT2D eigenvalue weighted by Gasteiger charge is 2.33. The van der Waals surface area contributed by atoms with Crippen molar-refractivity contribution in [2.24, 2.45) is 5.41 Å². The predicted octanol–water partition coefficient (Wildman–Crippen LogP) is 1.37. The van der Waals surface area contributed by atoms with Gasteiger partial charge in [-0.1, -0.05) is 0 Å². The molecule has 1 aliphatic heterocycles. The van der Waals surface area contributed by atoms with Crippen LogP contribution in [-0.4, -0.2) is 49.3 Å². The summed E-state index contributed by atoms with van der Waals surface area (Å²) >= 11 is 1.04. The minimum atomic E-state index is -3.67. The van der Waals surface area contributed by atoms with Gasteiger partial charge >= 0.3 is 5.97 Å². The summed E-state index contributed by atoms with van der Waals surface area (Å²) in [5.74, 6) is -1.60. The maximum absolute atomic E-state index is 12.6. The predicted molar refractivity (Wildman–Crippen MR) is 86.1 cm³/mol. The van der Waals surface area contributed by atoms with Gasteiger partial charge in [0.25, 0.3) is 5.91 Å². The van der Waals surface area contributed by atoms with Gasteiger partial charge in [-0.3, -0.25) is 9.59 Å². The zero-order valence-corrected chi connectivity index (χ0v) is 14.7. The highest BCUT2D eigenvalue weighted by molar-refractivity contribution is 7.89. The zero-order valence-electron chi connectivity index (χ0n) is 13.0. The van der Waals surface area contributed by atoms with Gasteiger partial charge in [0.05, 0.1) is 5.41 Å². The monoisotopic (exact) mass is 360 g/mol. The summed E-state index contributed by atoms with van der Waals surface area (Å²) in [5.41, 5.74) is -1.12. The Kier molecular flexibility index (Phi) is 5.12. The van der Waals surface area contributed by atoms with Gasteiger partial charge in [-0.05, 0) is 38.1 Å². The molecule has 2 N–H and O–H groups in total. The van der Waals surface area contributed by atoms with Gasteiger partial charge in [0.1, 0.15) is 9.77 Å². The van der Waals surface area contributed by atoms with Gasteiger partial charge in [-0.25, -0.2) is 8.42 Å². The largest absolute Gasteiger partial charge is 0.481 e. The van der Waals surface area contributed by atoms with Crippen molar-refractivity contribution in [3.63, 3.8) is 0 Å². The van der Waals surface area contributed by atoms with E-state index in [1.165, 1.54) is 24.2 Å². The van der Waals surface area contributed by atoms with E-state index < -0.39 is 27.3 Å². The number of hydrogen-bond donors (Lipinski definition) is 2. The molecule has 7 nitrogen and oxygen atoms in total. The lowest BCUT2D eigenvalue weighted by Gasteiger charge is -2.20. The van der Waals surface area contributed by atoms with Crippen LogP contribution in [0.25, 0.3) is 0 Å². The van der Waals surface area contributed by atoms with Gasteiger partial charge in [0.2, 0.25) is 10.0 Å². The molecule has 1 saturated heterocycles. The topological polar surface area (TPSA) is 104 Å². The fourth-order valence-electron chi connectivity index (χ4n) is 2.19. The third-order valence-corrected chi connectivity index (χ3v) is 6.77. The molecule has 1 amide bonds. The molecule has 128 valence electrons. The lowest BCUT2D eigenvalue weighted by atomic mass is 9.94. The Balaban J connectivity index is 2.17. The maximum Gasteiger partial charge on any atom is 0.310 e. The molecule has 1 aromatic heterocycles. The molecule has 1 fully saturated rings. The van der Waals surface area contributed by atoms with Gasteiger partial charge in [0, 0.05) is 19.6 Å². The van der Waals surface area contributed by atoms with Crippen molar-refractivity contribution in [3.05, 3.63) is 16.3 Å². The molecular formula is C14H20N2O5S2. The van der Waals surface area contributed by atoms with E-state index in [4.69, 9.17) is 5.11 Å². The molecule has 9 heteroatoms. The Morgan fingerprint density at radius 2 is 1.96 bits per heavy atom. The van der Waals surface area contributed by atoms with Crippen LogP contribution in [-0.2, 0) is 14.8 Å². The molecule has 0 radical (unpaired) electrons. The Morgan fingerprint density at radius 1 is 1.35 bits per heavy atom. The van der Waals surface area contributed by atoms with E-state index in [-0.39, 0.29) is 16.3 Å². The number of aliphatic carboxylic acids is 1. The van der Waals surface area contributed by atoms with E-state index in [1.807, 2.05) is 0 Å². The Labute approximate surface area is 139 Å². The summed E-state index contributed by atoms with van der Waals surface area (Å²) in [6, 6.07) is 1.43. The Bertz CT molecular complexity index is 703. The lowest BCUT2D eigenvalue weighted by Crippen LogP contribution is -2.39. The summed E-state index contributed by atoms with van der Waals surface area (Å²) in [6.07, 6.45) is 1.63. The van der Waals surface area contributed by atoms with E-state index in [0.717, 1.165) is 24.2 Å². The summed E-state index contributed by atoms with van der Waals surface area (Å²) in [5, 5.41) is 13.1. The Morgan fingerprint density at radius 3 is 2.52 bits per heavy atom. The molecule has 0 spiro atoms. The summed E-state index contributed by atoms with van der Waals surface area (Å²) in [7, 11) is -3.67. The van der Waals surface area contributed by atoms with Crippen LogP contribution in [0.3, 0.4) is 0 Å². The summed E-state index contributed by atoms with van der Waals surface area (Å²) in [4.78, 5) is 23.4. The fourth-order valence-corrected chi connectivity index (χ4v) is 5.02. The van der Waals surface area contributed by atoms with Crippen LogP contribution in [0.4, 0.5) is 0 Å². The Hall–Kier alpha value is -1.45. The zero-order chi connectivity index (χ0) is 17.3. The third kappa shape index (κ3) is 3.73. The molecule has 0 aromatic carbocycles. The molecule has 1 aromatic rings. The molecule has 23 heavy (non-hydrogen) atoms. The molecule has 0 unspecified atom stereocenters. The van der Waals surface area contributed by atoms with Crippen LogP contribution in [0.15, 0.2) is 16.3 Å². The number of carbonyl (C=O) groups excluding carboxylic acids is 1. The number of carboxylic acid groups (broad SMARTS) is 1. The quantitative estimate of drug-likeness (QED) is 0.797. The number of sulfonamides is 1. The first-order valence-corrected chi connectivity index (χ1v) is 9.57. The first-order chi connectivity index (χ1) is 10.7. The number of carboxylic acids is 1. The average molecular weight is 360 g/mol. The smallest absolute Gasteiger partial charge is 0.310 e. The second-order valence-electron chi connectivity index (χ2n) is 6.10. The minimum absolute atomic E-state index is 0.00460. The van der Waals surface area contributed by atoms with E-state index >= 15 is 0 Å². The molecule has 2 rings (SSSR count). The van der Waals surface area contributed by atoms with Crippen LogP contribution in [0.1, 0.15) is 36.4 Å². The second kappa shape index (κ2) is 6.58. The lowest BCUT2D eigenvalue weighted by molar-refractivity contribution is -0.146. The van der Waals surface area contributed by atoms with Crippen LogP contribution >= 0.6 is 11.3 Å². The first kappa shape index (κ1) is 17.9. The molecule has 0 atom stereocenters. The molecule has 1 aliphatic rings. The van der Waals surface area contributed by atoms with Crippen molar-refractivity contribution >= 4 is 33.2 Å². The number of thiophene rings is 1. The molecule has 0 bridgehead atoms. The van der Waals surface area contributed by atoms with Crippen LogP contribution in [0, 0.1) is 5.41 Å². The second-order valence-corrected chi connectivity index (χ2v) is 8.92. The normalized spacial score (nSPS) is 16.4. The molecular weight excluding hydrogens is 340 g/mol. The fraction of sp³-hybridized carbons (Fsp3) is 0.571. The highest BCUT2D eigenvalue weighted by Crippen LogP contribution is 2.27. The van der Waals surface area contributed by atoms with Crippen molar-refractivity contribution in [3.8, 4) is 0 Å². The van der Waals surface area contributed by atoms with E-state index in [1.54, 1.807) is 5.38 Å². The molecule has 0 aliphatic carbocycles. The number of amides is 1. The van der Waals surface area contributed by atoms with Gasteiger partial charge in [-0.15, -0.1) is 11.3 Å². The van der Waals surface area contributed by atoms with Gasteiger partial charge in [-0.2, -0.15) is 4.31 Å². The standard InChI is InChI=1S/C14H20N2O5S2/c1-14(2,13(18)19)9-15-12(17)11-10(5-8-22-11)23(20,21)16-6-3-4-7-16/h5,8H,3-4,6-7,9H2,1-2H3,(H,15,17)(H,18,19). The van der Waals surface area contributed by atoms with Crippen molar-refractivity contribution in [1.82, 2.24) is 9.62 Å². The molecule has 0 saturated carbocycles. The summed E-state index contributed by atoms with van der Waals surface area (Å²) in [6.45, 7) is 3.83. The maximum atomic E-state index is 12.6. The van der Waals surface area contributed by atoms with Crippen LogP contribution in [0.5, 0.6) is 0 Å². The molecule has 2 heterocycles. The van der Waals surface area contributed by atoms with Crippen molar-refractivity contribution in [2.45, 2.75) is 31.6 Å². The number of nitrogens with zero attached hydrogens (tertiary/aromatic N) is 1. The highest BCUT2D eigenvalue weighted by atomic mass is 32.2. The number of nitrogens with one attached hydrogen (secondary N) is 1. The van der Waals surface area contributed by atoms with E-state index in [9.17, 15) is 18.0 Å². The minimum Gasteiger partial charge on any atom is -0.481 e. The van der Waals surface area contributed by atoms with Gasteiger partial charge < -0.3 is 10.4 Å². The number of carbonyl (C=O) groups is 2. The van der Waals surface area contributed by atoms with Crippen molar-refractivity contribution in [1.29, 1.82) is 0 Å². The average Bonchev–Trinajstić information content (AvgIpc) is 3.15. The van der Waals surface area contributed by atoms with Crippen LogP contribution < -0.4 is 5.32 Å². The number of hydrogen-bond acceptors (Lipinski definition) is 5. The number of rotatable bonds is 6. The first-order valence-electron chi connectivity index (χ1n) is 7.25. The van der Waals surface area contributed by atoms with E-state index in [2.05, 4.69) is 5.32 Å². The van der Waals surface area contributed by atoms with Crippen LogP contribution in [0.2, 0.25) is 0 Å². The SMILES string of the molecule is CC(C)(CNC(=O)c1sccc1S(=O)(=O)N1CCCC1)C(=O)O. The van der Waals surface area contributed by atoms with E-state index in [0.29, 0.717) is 13.1 Å². The summed E-state index contributed by atoms with van der Waals surface area (Å²) < 4.78 is 26.6. The van der Waals surface area contributed by atoms with Gasteiger partial charge in [0.15, 0.2) is 0 Å². The third-order valence-electron chi connectivity index (χ3n) is 3.79. The van der Waals surface area contributed by atoms with Crippen molar-refractivity contribution < 1.29 is 23.1 Å².